The summed E-state index contributed by atoms with van der Waals surface area (Å²) in [5.74, 6) is 2.41. The largest absolute Gasteiger partial charge is 0.496 e. The fourth-order valence-electron chi connectivity index (χ4n) is 1.77. The summed E-state index contributed by atoms with van der Waals surface area (Å²) in [5, 5.41) is 0. The third-order valence-electron chi connectivity index (χ3n) is 2.87. The predicted octanol–water partition coefficient (Wildman–Crippen LogP) is 2.50. The molecule has 1 aromatic rings. The van der Waals surface area contributed by atoms with Crippen LogP contribution in [0.25, 0.3) is 0 Å². The van der Waals surface area contributed by atoms with Crippen LogP contribution in [0.1, 0.15) is 31.4 Å². The molecular weight excluding hydrogens is 202 g/mol. The Balaban J connectivity index is 2.19. The van der Waals surface area contributed by atoms with Crippen LogP contribution in [0.15, 0.2) is 18.2 Å². The van der Waals surface area contributed by atoms with E-state index in [0.717, 1.165) is 29.6 Å². The van der Waals surface area contributed by atoms with Gasteiger partial charge in [0.1, 0.15) is 11.5 Å². The molecule has 1 saturated carbocycles. The molecule has 1 atom stereocenters. The molecule has 16 heavy (non-hydrogen) atoms. The zero-order chi connectivity index (χ0) is 11.5. The van der Waals surface area contributed by atoms with Gasteiger partial charge in [0, 0.05) is 6.04 Å². The smallest absolute Gasteiger partial charge is 0.127 e. The Labute approximate surface area is 96.5 Å². The van der Waals surface area contributed by atoms with Crippen LogP contribution < -0.4 is 15.2 Å². The lowest BCUT2D eigenvalue weighted by Gasteiger charge is -2.17. The number of nitrogens with two attached hydrogens (primary N) is 1. The van der Waals surface area contributed by atoms with Crippen LogP contribution in [0.5, 0.6) is 11.5 Å². The van der Waals surface area contributed by atoms with E-state index < -0.39 is 0 Å². The van der Waals surface area contributed by atoms with Gasteiger partial charge in [-0.3, -0.25) is 0 Å². The minimum atomic E-state index is -0.0784. The van der Waals surface area contributed by atoms with Gasteiger partial charge in [0.05, 0.1) is 19.3 Å². The van der Waals surface area contributed by atoms with Gasteiger partial charge in [0.15, 0.2) is 0 Å². The van der Waals surface area contributed by atoms with Crippen LogP contribution >= 0.6 is 0 Å². The lowest BCUT2D eigenvalue weighted by molar-refractivity contribution is 0.292. The first kappa shape index (κ1) is 11.3. The van der Waals surface area contributed by atoms with Crippen molar-refractivity contribution in [3.63, 3.8) is 0 Å². The van der Waals surface area contributed by atoms with Gasteiger partial charge in [0.2, 0.25) is 0 Å². The molecule has 1 aromatic carbocycles. The Kier molecular flexibility index (Phi) is 3.34. The molecule has 0 aromatic heterocycles. The Morgan fingerprint density at radius 1 is 1.38 bits per heavy atom. The molecule has 1 fully saturated rings. The molecule has 0 bridgehead atoms. The average Bonchev–Trinajstić information content (AvgIpc) is 3.09. The third-order valence-corrected chi connectivity index (χ3v) is 2.87. The van der Waals surface area contributed by atoms with Gasteiger partial charge in [-0.2, -0.15) is 0 Å². The number of hydrogen-bond donors (Lipinski definition) is 1. The van der Waals surface area contributed by atoms with E-state index in [1.165, 1.54) is 12.8 Å². The third kappa shape index (κ3) is 2.47. The molecule has 2 rings (SSSR count). The summed E-state index contributed by atoms with van der Waals surface area (Å²) in [6, 6.07) is 5.74. The van der Waals surface area contributed by atoms with Gasteiger partial charge >= 0.3 is 0 Å². The number of rotatable bonds is 5. The molecule has 0 heterocycles. The summed E-state index contributed by atoms with van der Waals surface area (Å²) in [6.45, 7) is 2.74. The van der Waals surface area contributed by atoms with Crippen LogP contribution in [0.3, 0.4) is 0 Å². The van der Waals surface area contributed by atoms with Crippen LogP contribution in [0, 0.1) is 5.92 Å². The molecule has 0 amide bonds. The van der Waals surface area contributed by atoms with Crippen molar-refractivity contribution in [3.05, 3.63) is 23.8 Å². The Morgan fingerprint density at radius 2 is 2.06 bits per heavy atom. The second-order valence-electron chi connectivity index (χ2n) is 4.42. The van der Waals surface area contributed by atoms with Crippen molar-refractivity contribution >= 4 is 0 Å². The first-order valence-corrected chi connectivity index (χ1v) is 5.77. The quantitative estimate of drug-likeness (QED) is 0.830. The van der Waals surface area contributed by atoms with E-state index in [1.54, 1.807) is 7.11 Å². The van der Waals surface area contributed by atoms with Gasteiger partial charge in [-0.25, -0.2) is 0 Å². The molecule has 1 aliphatic carbocycles. The van der Waals surface area contributed by atoms with E-state index in [-0.39, 0.29) is 6.04 Å². The summed E-state index contributed by atoms with van der Waals surface area (Å²) in [5.41, 5.74) is 6.92. The van der Waals surface area contributed by atoms with Crippen molar-refractivity contribution in [2.45, 2.75) is 25.8 Å². The first-order valence-electron chi connectivity index (χ1n) is 5.77. The highest BCUT2D eigenvalue weighted by molar-refractivity contribution is 5.46. The molecule has 1 aliphatic rings. The normalized spacial score (nSPS) is 16.9. The molecule has 0 aliphatic heterocycles. The maximum atomic E-state index is 5.95. The molecule has 3 nitrogen and oxygen atoms in total. The fraction of sp³-hybridized carbons (Fsp3) is 0.538. The van der Waals surface area contributed by atoms with Gasteiger partial charge in [-0.1, -0.05) is 6.07 Å². The Bertz CT molecular complexity index is 359. The zero-order valence-electron chi connectivity index (χ0n) is 9.90. The first-order chi connectivity index (χ1) is 7.72. The Hall–Kier alpha value is -1.22. The maximum absolute atomic E-state index is 5.95. The van der Waals surface area contributed by atoms with E-state index >= 15 is 0 Å². The van der Waals surface area contributed by atoms with E-state index in [0.29, 0.717) is 0 Å². The van der Waals surface area contributed by atoms with Crippen LogP contribution in [-0.4, -0.2) is 13.7 Å². The summed E-state index contributed by atoms with van der Waals surface area (Å²) in [6.07, 6.45) is 2.58. The summed E-state index contributed by atoms with van der Waals surface area (Å²) < 4.78 is 11.1. The van der Waals surface area contributed by atoms with Gasteiger partial charge < -0.3 is 15.2 Å². The zero-order valence-corrected chi connectivity index (χ0v) is 9.90. The molecule has 2 N–H and O–H groups in total. The molecular formula is C13H19NO2. The standard InChI is InChI=1S/C13H19NO2/c1-9(14)13-11(15-2)4-3-5-12(13)16-8-10-6-7-10/h3-5,9-10H,6-8,14H2,1-2H3/t9-/m1/s1. The van der Waals surface area contributed by atoms with E-state index in [2.05, 4.69) is 0 Å². The van der Waals surface area contributed by atoms with Gasteiger partial charge in [0.25, 0.3) is 0 Å². The minimum Gasteiger partial charge on any atom is -0.496 e. The van der Waals surface area contributed by atoms with Crippen molar-refractivity contribution in [2.24, 2.45) is 11.7 Å². The lowest BCUT2D eigenvalue weighted by atomic mass is 10.1. The summed E-state index contributed by atoms with van der Waals surface area (Å²) >= 11 is 0. The molecule has 0 radical (unpaired) electrons. The highest BCUT2D eigenvalue weighted by atomic mass is 16.5. The molecule has 0 saturated heterocycles. The van der Waals surface area contributed by atoms with Crippen LogP contribution in [0.2, 0.25) is 0 Å². The number of benzene rings is 1. The fourth-order valence-corrected chi connectivity index (χ4v) is 1.77. The van der Waals surface area contributed by atoms with Crippen molar-refractivity contribution in [2.75, 3.05) is 13.7 Å². The van der Waals surface area contributed by atoms with E-state index in [9.17, 15) is 0 Å². The van der Waals surface area contributed by atoms with Crippen LogP contribution in [0.4, 0.5) is 0 Å². The Morgan fingerprint density at radius 3 is 2.62 bits per heavy atom. The number of ether oxygens (including phenoxy) is 2. The van der Waals surface area contributed by atoms with Crippen molar-refractivity contribution in [1.82, 2.24) is 0 Å². The van der Waals surface area contributed by atoms with Crippen LogP contribution in [-0.2, 0) is 0 Å². The monoisotopic (exact) mass is 221 g/mol. The van der Waals surface area contributed by atoms with Gasteiger partial charge in [-0.15, -0.1) is 0 Å². The second-order valence-corrected chi connectivity index (χ2v) is 4.42. The molecule has 3 heteroatoms. The highest BCUT2D eigenvalue weighted by Crippen LogP contribution is 2.35. The van der Waals surface area contributed by atoms with E-state index in [1.807, 2.05) is 25.1 Å². The number of methoxy groups -OCH3 is 1. The SMILES string of the molecule is COc1cccc(OCC2CC2)c1[C@@H](C)N. The summed E-state index contributed by atoms with van der Waals surface area (Å²) in [7, 11) is 1.66. The second kappa shape index (κ2) is 4.74. The molecule has 0 unspecified atom stereocenters. The van der Waals surface area contributed by atoms with Crippen molar-refractivity contribution in [3.8, 4) is 11.5 Å². The van der Waals surface area contributed by atoms with E-state index in [4.69, 9.17) is 15.2 Å². The highest BCUT2D eigenvalue weighted by Gasteiger charge is 2.23. The summed E-state index contributed by atoms with van der Waals surface area (Å²) in [4.78, 5) is 0. The topological polar surface area (TPSA) is 44.5 Å². The molecule has 0 spiro atoms. The molecule has 88 valence electrons. The number of hydrogen-bond acceptors (Lipinski definition) is 3. The van der Waals surface area contributed by atoms with Crippen molar-refractivity contribution in [1.29, 1.82) is 0 Å². The van der Waals surface area contributed by atoms with Crippen molar-refractivity contribution < 1.29 is 9.47 Å². The maximum Gasteiger partial charge on any atom is 0.127 e. The van der Waals surface area contributed by atoms with Gasteiger partial charge in [-0.05, 0) is 37.8 Å². The average molecular weight is 221 g/mol. The minimum absolute atomic E-state index is 0.0784. The predicted molar refractivity (Wildman–Crippen MR) is 63.8 cm³/mol. The lowest BCUT2D eigenvalue weighted by Crippen LogP contribution is -2.10.